The Morgan fingerprint density at radius 3 is 2.68 bits per heavy atom. The number of fused-ring (bicyclic) bond motifs is 1. The zero-order valence-electron chi connectivity index (χ0n) is 11.3. The molecule has 2 aromatic rings. The Labute approximate surface area is 120 Å². The Morgan fingerprint density at radius 1 is 1.05 bits per heavy atom. The molecule has 0 heterocycles. The minimum Gasteiger partial charge on any atom is -0.363 e. The van der Waals surface area contributed by atoms with Gasteiger partial charge in [-0.05, 0) is 35.0 Å². The molecule has 0 aliphatic rings. The van der Waals surface area contributed by atoms with Crippen LogP contribution in [0.15, 0.2) is 42.5 Å². The molecule has 2 N–H and O–H groups in total. The predicted octanol–water partition coefficient (Wildman–Crippen LogP) is 3.60. The van der Waals surface area contributed by atoms with Crippen molar-refractivity contribution >= 4 is 28.1 Å². The van der Waals surface area contributed by atoms with Crippen molar-refractivity contribution in [2.24, 2.45) is 0 Å². The van der Waals surface area contributed by atoms with Crippen molar-refractivity contribution < 1.29 is 0 Å². The first kappa shape index (κ1) is 13.8. The van der Waals surface area contributed by atoms with Crippen molar-refractivity contribution in [2.45, 2.75) is 26.3 Å². The maximum absolute atomic E-state index is 5.27. The number of nitrogens with one attached hydrogen (secondary N) is 2. The summed E-state index contributed by atoms with van der Waals surface area (Å²) >= 11 is 5.27. The van der Waals surface area contributed by atoms with Crippen molar-refractivity contribution in [1.29, 1.82) is 0 Å². The first-order valence-corrected chi connectivity index (χ1v) is 7.20. The van der Waals surface area contributed by atoms with E-state index in [9.17, 15) is 0 Å². The van der Waals surface area contributed by atoms with E-state index in [1.807, 2.05) is 0 Å². The summed E-state index contributed by atoms with van der Waals surface area (Å²) in [5.74, 6) is 0. The Balaban J connectivity index is 1.96. The summed E-state index contributed by atoms with van der Waals surface area (Å²) < 4.78 is 0. The molecular formula is C16H20N2S. The molecule has 0 saturated heterocycles. The van der Waals surface area contributed by atoms with Gasteiger partial charge < -0.3 is 10.6 Å². The molecular weight excluding hydrogens is 252 g/mol. The van der Waals surface area contributed by atoms with Crippen LogP contribution in [0.5, 0.6) is 0 Å². The van der Waals surface area contributed by atoms with Gasteiger partial charge in [-0.15, -0.1) is 0 Å². The van der Waals surface area contributed by atoms with E-state index in [0.717, 1.165) is 24.6 Å². The minimum atomic E-state index is 0.737. The number of benzene rings is 2. The van der Waals surface area contributed by atoms with Crippen LogP contribution in [-0.2, 0) is 6.54 Å². The molecule has 0 fully saturated rings. The van der Waals surface area contributed by atoms with Crippen LogP contribution < -0.4 is 10.6 Å². The van der Waals surface area contributed by atoms with E-state index in [0.29, 0.717) is 0 Å². The van der Waals surface area contributed by atoms with Crippen LogP contribution in [0.1, 0.15) is 25.3 Å². The van der Waals surface area contributed by atoms with Gasteiger partial charge in [-0.2, -0.15) is 0 Å². The summed E-state index contributed by atoms with van der Waals surface area (Å²) in [6, 6.07) is 14.8. The average Bonchev–Trinajstić information content (AvgIpc) is 2.45. The Morgan fingerprint density at radius 2 is 1.84 bits per heavy atom. The fourth-order valence-electron chi connectivity index (χ4n) is 2.06. The van der Waals surface area contributed by atoms with E-state index in [2.05, 4.69) is 60.0 Å². The Kier molecular flexibility index (Phi) is 5.16. The second-order valence-electron chi connectivity index (χ2n) is 4.60. The normalized spacial score (nSPS) is 10.4. The SMILES string of the molecule is CCCCNC(=S)NCc1cccc2ccccc12. The van der Waals surface area contributed by atoms with E-state index >= 15 is 0 Å². The van der Waals surface area contributed by atoms with Gasteiger partial charge in [0.1, 0.15) is 0 Å². The molecule has 2 rings (SSSR count). The third-order valence-electron chi connectivity index (χ3n) is 3.14. The molecule has 0 spiro atoms. The number of thiocarbonyl (C=S) groups is 1. The highest BCUT2D eigenvalue weighted by atomic mass is 32.1. The highest BCUT2D eigenvalue weighted by Crippen LogP contribution is 2.18. The van der Waals surface area contributed by atoms with Gasteiger partial charge in [-0.25, -0.2) is 0 Å². The lowest BCUT2D eigenvalue weighted by molar-refractivity contribution is 0.739. The topological polar surface area (TPSA) is 24.1 Å². The lowest BCUT2D eigenvalue weighted by atomic mass is 10.0. The van der Waals surface area contributed by atoms with Crippen molar-refractivity contribution in [3.8, 4) is 0 Å². The standard InChI is InChI=1S/C16H20N2S/c1-2-3-11-17-16(19)18-12-14-9-6-8-13-7-4-5-10-15(13)14/h4-10H,2-3,11-12H2,1H3,(H2,17,18,19). The predicted molar refractivity (Wildman–Crippen MR) is 86.3 cm³/mol. The third kappa shape index (κ3) is 3.93. The minimum absolute atomic E-state index is 0.737. The summed E-state index contributed by atoms with van der Waals surface area (Å²) in [6.45, 7) is 3.88. The summed E-state index contributed by atoms with van der Waals surface area (Å²) in [6.07, 6.45) is 2.33. The van der Waals surface area contributed by atoms with Gasteiger partial charge in [-0.1, -0.05) is 55.8 Å². The third-order valence-corrected chi connectivity index (χ3v) is 3.42. The van der Waals surface area contributed by atoms with Crippen LogP contribution in [0, 0.1) is 0 Å². The number of unbranched alkanes of at least 4 members (excludes halogenated alkanes) is 1. The first-order valence-electron chi connectivity index (χ1n) is 6.79. The van der Waals surface area contributed by atoms with E-state index in [1.165, 1.54) is 22.8 Å². The lowest BCUT2D eigenvalue weighted by Gasteiger charge is -2.11. The van der Waals surface area contributed by atoms with E-state index < -0.39 is 0 Å². The summed E-state index contributed by atoms with van der Waals surface area (Å²) in [7, 11) is 0. The van der Waals surface area contributed by atoms with Gasteiger partial charge in [0.25, 0.3) is 0 Å². The van der Waals surface area contributed by atoms with Crippen molar-refractivity contribution in [3.05, 3.63) is 48.0 Å². The molecule has 2 aromatic carbocycles. The van der Waals surface area contributed by atoms with E-state index in [4.69, 9.17) is 12.2 Å². The monoisotopic (exact) mass is 272 g/mol. The number of rotatable bonds is 5. The van der Waals surface area contributed by atoms with Gasteiger partial charge in [0, 0.05) is 13.1 Å². The molecule has 0 atom stereocenters. The van der Waals surface area contributed by atoms with Crippen LogP contribution in [0.25, 0.3) is 10.8 Å². The highest BCUT2D eigenvalue weighted by Gasteiger charge is 2.01. The fraction of sp³-hybridized carbons (Fsp3) is 0.312. The van der Waals surface area contributed by atoms with Crippen LogP contribution >= 0.6 is 12.2 Å². The maximum atomic E-state index is 5.27. The molecule has 0 bridgehead atoms. The van der Waals surface area contributed by atoms with Gasteiger partial charge in [0.05, 0.1) is 0 Å². The molecule has 0 amide bonds. The number of hydrogen-bond donors (Lipinski definition) is 2. The van der Waals surface area contributed by atoms with Crippen molar-refractivity contribution in [3.63, 3.8) is 0 Å². The highest BCUT2D eigenvalue weighted by molar-refractivity contribution is 7.80. The van der Waals surface area contributed by atoms with Gasteiger partial charge in [-0.3, -0.25) is 0 Å². The molecule has 100 valence electrons. The van der Waals surface area contributed by atoms with Gasteiger partial charge in [0.15, 0.2) is 5.11 Å². The average molecular weight is 272 g/mol. The zero-order valence-corrected chi connectivity index (χ0v) is 12.1. The molecule has 0 aliphatic carbocycles. The molecule has 19 heavy (non-hydrogen) atoms. The Bertz CT molecular complexity index is 546. The fourth-order valence-corrected chi connectivity index (χ4v) is 2.24. The first-order chi connectivity index (χ1) is 9.31. The molecule has 0 saturated carbocycles. The molecule has 2 nitrogen and oxygen atoms in total. The number of hydrogen-bond acceptors (Lipinski definition) is 1. The van der Waals surface area contributed by atoms with Gasteiger partial charge in [0.2, 0.25) is 0 Å². The van der Waals surface area contributed by atoms with E-state index in [1.54, 1.807) is 0 Å². The molecule has 0 unspecified atom stereocenters. The van der Waals surface area contributed by atoms with Crippen molar-refractivity contribution in [1.82, 2.24) is 10.6 Å². The Hall–Kier alpha value is -1.61. The molecule has 3 heteroatoms. The molecule has 0 aliphatic heterocycles. The zero-order chi connectivity index (χ0) is 13.5. The summed E-state index contributed by atoms with van der Waals surface area (Å²) in [5, 5.41) is 9.79. The molecule has 0 aromatic heterocycles. The largest absolute Gasteiger partial charge is 0.363 e. The van der Waals surface area contributed by atoms with Crippen LogP contribution in [0.3, 0.4) is 0 Å². The summed E-state index contributed by atoms with van der Waals surface area (Å²) in [4.78, 5) is 0. The summed E-state index contributed by atoms with van der Waals surface area (Å²) in [5.41, 5.74) is 1.28. The van der Waals surface area contributed by atoms with Crippen molar-refractivity contribution in [2.75, 3.05) is 6.54 Å². The quantitative estimate of drug-likeness (QED) is 0.642. The second kappa shape index (κ2) is 7.10. The molecule has 0 radical (unpaired) electrons. The van der Waals surface area contributed by atoms with Crippen LogP contribution in [0.4, 0.5) is 0 Å². The smallest absolute Gasteiger partial charge is 0.166 e. The lowest BCUT2D eigenvalue weighted by Crippen LogP contribution is -2.35. The maximum Gasteiger partial charge on any atom is 0.166 e. The van der Waals surface area contributed by atoms with Crippen LogP contribution in [0.2, 0.25) is 0 Å². The van der Waals surface area contributed by atoms with Gasteiger partial charge >= 0.3 is 0 Å². The van der Waals surface area contributed by atoms with Crippen LogP contribution in [-0.4, -0.2) is 11.7 Å². The second-order valence-corrected chi connectivity index (χ2v) is 5.01. The van der Waals surface area contributed by atoms with E-state index in [-0.39, 0.29) is 0 Å².